The number of hydrogen-bond donors (Lipinski definition) is 1. The van der Waals surface area contributed by atoms with E-state index >= 15 is 0 Å². The minimum absolute atomic E-state index is 0.0845. The summed E-state index contributed by atoms with van der Waals surface area (Å²) < 4.78 is 0. The van der Waals surface area contributed by atoms with Gasteiger partial charge in [0.2, 0.25) is 0 Å². The Morgan fingerprint density at radius 2 is 1.86 bits per heavy atom. The normalized spacial score (nSPS) is 46.0. The lowest BCUT2D eigenvalue weighted by atomic mass is 9.47. The first-order valence-electron chi connectivity index (χ1n) is 12.7. The third kappa shape index (κ3) is 3.58. The molecule has 0 amide bonds. The highest BCUT2D eigenvalue weighted by Crippen LogP contribution is 2.67. The molecule has 4 aliphatic carbocycles. The highest BCUT2D eigenvalue weighted by molar-refractivity contribution is 5.25. The van der Waals surface area contributed by atoms with Crippen LogP contribution in [0.25, 0.3) is 0 Å². The van der Waals surface area contributed by atoms with E-state index in [4.69, 9.17) is 0 Å². The Kier molecular flexibility index (Phi) is 5.86. The summed E-state index contributed by atoms with van der Waals surface area (Å²) in [6, 6.07) is 0. The molecule has 0 aliphatic heterocycles. The zero-order chi connectivity index (χ0) is 21.0. The Morgan fingerprint density at radius 1 is 1.10 bits per heavy atom. The molecule has 0 saturated heterocycles. The molecule has 0 aromatic carbocycles. The van der Waals surface area contributed by atoms with Gasteiger partial charge in [-0.2, -0.15) is 0 Å². The molecule has 8 atom stereocenters. The zero-order valence-corrected chi connectivity index (χ0v) is 20.0. The molecule has 1 N–H and O–H groups in total. The van der Waals surface area contributed by atoms with E-state index in [1.54, 1.807) is 11.1 Å². The van der Waals surface area contributed by atoms with Crippen LogP contribution in [0.1, 0.15) is 99.3 Å². The largest absolute Gasteiger partial charge is 0.393 e. The van der Waals surface area contributed by atoms with E-state index in [1.807, 2.05) is 0 Å². The Labute approximate surface area is 180 Å². The fourth-order valence-corrected chi connectivity index (χ4v) is 8.39. The molecule has 8 unspecified atom stereocenters. The summed E-state index contributed by atoms with van der Waals surface area (Å²) in [5.41, 5.74) is 4.11. The van der Waals surface area contributed by atoms with Gasteiger partial charge in [-0.05, 0) is 111 Å². The summed E-state index contributed by atoms with van der Waals surface area (Å²) >= 11 is 0. The fourth-order valence-electron chi connectivity index (χ4n) is 8.39. The van der Waals surface area contributed by atoms with Gasteiger partial charge in [-0.25, -0.2) is 0 Å². The molecule has 0 bridgehead atoms. The van der Waals surface area contributed by atoms with Crippen molar-refractivity contribution < 1.29 is 5.11 Å². The van der Waals surface area contributed by atoms with Crippen LogP contribution in [0, 0.1) is 46.3 Å². The second-order valence-electron chi connectivity index (χ2n) is 12.2. The molecule has 3 fully saturated rings. The lowest BCUT2D eigenvalue weighted by molar-refractivity contribution is -0.0565. The second-order valence-corrected chi connectivity index (χ2v) is 12.2. The van der Waals surface area contributed by atoms with Gasteiger partial charge in [0.15, 0.2) is 0 Å². The zero-order valence-electron chi connectivity index (χ0n) is 20.0. The van der Waals surface area contributed by atoms with E-state index in [-0.39, 0.29) is 6.10 Å². The van der Waals surface area contributed by atoms with Gasteiger partial charge in [0.25, 0.3) is 0 Å². The van der Waals surface area contributed by atoms with Crippen LogP contribution in [0.4, 0.5) is 0 Å². The average molecular weight is 399 g/mol. The monoisotopic (exact) mass is 398 g/mol. The van der Waals surface area contributed by atoms with Crippen LogP contribution in [0.2, 0.25) is 0 Å². The predicted molar refractivity (Wildman–Crippen MR) is 124 cm³/mol. The number of aliphatic hydroxyl groups excluding tert-OH is 1. The molecule has 0 spiro atoms. The molecule has 164 valence electrons. The van der Waals surface area contributed by atoms with Crippen LogP contribution in [-0.2, 0) is 0 Å². The SMILES string of the molecule is CC(=CCC(C)C1CCC2C3CC=C4CC(O)CCC4(C)C3CCC12C)C(C)C. The quantitative estimate of drug-likeness (QED) is 0.484. The number of allylic oxidation sites excluding steroid dienone is 3. The van der Waals surface area contributed by atoms with Gasteiger partial charge in [0.1, 0.15) is 0 Å². The van der Waals surface area contributed by atoms with Gasteiger partial charge in [-0.15, -0.1) is 0 Å². The second kappa shape index (κ2) is 7.85. The molecule has 4 rings (SSSR count). The number of fused-ring (bicyclic) bond motifs is 5. The van der Waals surface area contributed by atoms with Crippen LogP contribution in [0.15, 0.2) is 23.3 Å². The van der Waals surface area contributed by atoms with Crippen molar-refractivity contribution in [1.29, 1.82) is 0 Å². The number of hydrogen-bond acceptors (Lipinski definition) is 1. The standard InChI is InChI=1S/C28H46O/c1-18(2)19(3)7-8-20(4)24-11-12-25-23-10-9-21-17-22(29)13-15-27(21,5)26(23)14-16-28(24,25)6/h7,9,18,20,22-26,29H,8,10-17H2,1-6H3. The van der Waals surface area contributed by atoms with Gasteiger partial charge < -0.3 is 5.11 Å². The van der Waals surface area contributed by atoms with Gasteiger partial charge >= 0.3 is 0 Å². The van der Waals surface area contributed by atoms with E-state index in [0.29, 0.717) is 16.7 Å². The molecule has 4 aliphatic rings. The lowest BCUT2D eigenvalue weighted by Crippen LogP contribution is -2.50. The molecule has 0 heterocycles. The fraction of sp³-hybridized carbons (Fsp3) is 0.857. The summed E-state index contributed by atoms with van der Waals surface area (Å²) in [5, 5.41) is 10.2. The van der Waals surface area contributed by atoms with E-state index in [1.165, 1.54) is 44.9 Å². The van der Waals surface area contributed by atoms with Crippen LogP contribution in [0.3, 0.4) is 0 Å². The van der Waals surface area contributed by atoms with Crippen molar-refractivity contribution in [3.05, 3.63) is 23.3 Å². The Bertz CT molecular complexity index is 672. The molecule has 3 saturated carbocycles. The summed E-state index contributed by atoms with van der Waals surface area (Å²) in [7, 11) is 0. The van der Waals surface area contributed by atoms with Gasteiger partial charge in [0.05, 0.1) is 6.10 Å². The minimum Gasteiger partial charge on any atom is -0.393 e. The third-order valence-electron chi connectivity index (χ3n) is 10.6. The van der Waals surface area contributed by atoms with E-state index in [0.717, 1.165) is 42.4 Å². The van der Waals surface area contributed by atoms with Crippen molar-refractivity contribution in [2.75, 3.05) is 0 Å². The van der Waals surface area contributed by atoms with Crippen LogP contribution in [-0.4, -0.2) is 11.2 Å². The predicted octanol–water partition coefficient (Wildman–Crippen LogP) is 7.55. The lowest BCUT2D eigenvalue weighted by Gasteiger charge is -2.58. The van der Waals surface area contributed by atoms with Crippen molar-refractivity contribution in [1.82, 2.24) is 0 Å². The Hall–Kier alpha value is -0.560. The van der Waals surface area contributed by atoms with Crippen molar-refractivity contribution in [2.24, 2.45) is 46.3 Å². The molecular formula is C28H46O. The third-order valence-corrected chi connectivity index (χ3v) is 10.6. The van der Waals surface area contributed by atoms with Crippen molar-refractivity contribution in [3.8, 4) is 0 Å². The van der Waals surface area contributed by atoms with E-state index < -0.39 is 0 Å². The molecule has 29 heavy (non-hydrogen) atoms. The highest BCUT2D eigenvalue weighted by atomic mass is 16.3. The molecule has 0 aromatic heterocycles. The first-order valence-corrected chi connectivity index (χ1v) is 12.7. The molecule has 1 heteroatoms. The minimum atomic E-state index is -0.0845. The maximum absolute atomic E-state index is 10.2. The van der Waals surface area contributed by atoms with Crippen LogP contribution >= 0.6 is 0 Å². The molecule has 0 radical (unpaired) electrons. The van der Waals surface area contributed by atoms with Crippen LogP contribution < -0.4 is 0 Å². The molecule has 0 aromatic rings. The Balaban J connectivity index is 1.52. The van der Waals surface area contributed by atoms with E-state index in [2.05, 4.69) is 53.7 Å². The number of aliphatic hydroxyl groups is 1. The van der Waals surface area contributed by atoms with Gasteiger partial charge in [0, 0.05) is 0 Å². The summed E-state index contributed by atoms with van der Waals surface area (Å²) in [4.78, 5) is 0. The maximum Gasteiger partial charge on any atom is 0.0577 e. The summed E-state index contributed by atoms with van der Waals surface area (Å²) in [6.45, 7) is 14.7. The smallest absolute Gasteiger partial charge is 0.0577 e. The van der Waals surface area contributed by atoms with Crippen molar-refractivity contribution in [3.63, 3.8) is 0 Å². The summed E-state index contributed by atoms with van der Waals surface area (Å²) in [6.07, 6.45) is 16.5. The topological polar surface area (TPSA) is 20.2 Å². The first kappa shape index (κ1) is 21.7. The van der Waals surface area contributed by atoms with Gasteiger partial charge in [-0.1, -0.05) is 57.9 Å². The highest BCUT2D eigenvalue weighted by Gasteiger charge is 2.59. The van der Waals surface area contributed by atoms with Crippen molar-refractivity contribution in [2.45, 2.75) is 105 Å². The number of rotatable bonds is 4. The first-order chi connectivity index (χ1) is 13.7. The average Bonchev–Trinajstić information content (AvgIpc) is 3.03. The Morgan fingerprint density at radius 3 is 2.59 bits per heavy atom. The maximum atomic E-state index is 10.2. The van der Waals surface area contributed by atoms with E-state index in [9.17, 15) is 5.11 Å². The van der Waals surface area contributed by atoms with Crippen LogP contribution in [0.5, 0.6) is 0 Å². The molecular weight excluding hydrogens is 352 g/mol. The van der Waals surface area contributed by atoms with Gasteiger partial charge in [-0.3, -0.25) is 0 Å². The molecule has 1 nitrogen and oxygen atoms in total. The van der Waals surface area contributed by atoms with Crippen molar-refractivity contribution >= 4 is 0 Å². The summed E-state index contributed by atoms with van der Waals surface area (Å²) in [5.74, 6) is 5.07.